The van der Waals surface area contributed by atoms with Crippen LogP contribution in [0.15, 0.2) is 77.8 Å². The summed E-state index contributed by atoms with van der Waals surface area (Å²) < 4.78 is 23.8. The zero-order valence-electron chi connectivity index (χ0n) is 14.5. The molecule has 0 saturated carbocycles. The Morgan fingerprint density at radius 3 is 2.33 bits per heavy atom. The van der Waals surface area contributed by atoms with Crippen molar-refractivity contribution in [1.29, 1.82) is 0 Å². The number of amides is 1. The molecule has 1 unspecified atom stereocenters. The Labute approximate surface area is 163 Å². The second kappa shape index (κ2) is 7.90. The summed E-state index contributed by atoms with van der Waals surface area (Å²) >= 11 is 5.82. The van der Waals surface area contributed by atoms with Crippen LogP contribution in [0, 0.1) is 0 Å². The lowest BCUT2D eigenvalue weighted by molar-refractivity contribution is 0.0938. The topological polar surface area (TPSA) is 76.1 Å². The number of nitrogens with zero attached hydrogens (tertiary/aromatic N) is 1. The molecule has 0 saturated heterocycles. The smallest absolute Gasteiger partial charge is 0.270 e. The molecule has 1 amide bonds. The zero-order valence-corrected chi connectivity index (χ0v) is 16.0. The van der Waals surface area contributed by atoms with Gasteiger partial charge in [0.15, 0.2) is 9.84 Å². The van der Waals surface area contributed by atoms with E-state index in [1.807, 2.05) is 30.3 Å². The third-order valence-corrected chi connectivity index (χ3v) is 5.32. The number of sulfone groups is 1. The van der Waals surface area contributed by atoms with Gasteiger partial charge in [0.1, 0.15) is 5.69 Å². The molecule has 0 fully saturated rings. The van der Waals surface area contributed by atoms with Crippen molar-refractivity contribution in [2.24, 2.45) is 0 Å². The van der Waals surface area contributed by atoms with Crippen LogP contribution in [0.25, 0.3) is 0 Å². The van der Waals surface area contributed by atoms with Crippen LogP contribution >= 0.6 is 11.6 Å². The lowest BCUT2D eigenvalue weighted by Crippen LogP contribution is -2.30. The van der Waals surface area contributed by atoms with E-state index in [0.717, 1.165) is 11.8 Å². The van der Waals surface area contributed by atoms with Crippen molar-refractivity contribution in [3.8, 4) is 0 Å². The lowest BCUT2D eigenvalue weighted by Gasteiger charge is -2.20. The molecule has 3 aromatic rings. The van der Waals surface area contributed by atoms with E-state index in [-0.39, 0.29) is 16.5 Å². The lowest BCUT2D eigenvalue weighted by atomic mass is 9.98. The maximum Gasteiger partial charge on any atom is 0.270 e. The normalized spacial score (nSPS) is 12.4. The van der Waals surface area contributed by atoms with Gasteiger partial charge in [0.25, 0.3) is 5.91 Å². The molecule has 3 rings (SSSR count). The van der Waals surface area contributed by atoms with Gasteiger partial charge in [-0.1, -0.05) is 54.1 Å². The van der Waals surface area contributed by atoms with Gasteiger partial charge in [0, 0.05) is 12.5 Å². The number of hydrogen-bond acceptors (Lipinski definition) is 4. The standard InChI is InChI=1S/C20H17ClN2O3S/c1-27(25,26)17-9-5-8-15(12-17)19(14-6-3-2-4-7-14)23-20(24)18-11-10-16(21)13-22-18/h2-13,19H,1H3,(H,23,24). The predicted octanol–water partition coefficient (Wildman–Crippen LogP) is 3.66. The molecule has 0 radical (unpaired) electrons. The van der Waals surface area contributed by atoms with Gasteiger partial charge in [0.05, 0.1) is 16.0 Å². The van der Waals surface area contributed by atoms with Crippen LogP contribution < -0.4 is 5.32 Å². The third kappa shape index (κ3) is 4.72. The fraction of sp³-hybridized carbons (Fsp3) is 0.100. The number of carbonyl (C=O) groups is 1. The number of hydrogen-bond donors (Lipinski definition) is 1. The SMILES string of the molecule is CS(=O)(=O)c1cccc(C(NC(=O)c2ccc(Cl)cn2)c2ccccc2)c1. The molecule has 138 valence electrons. The first kappa shape index (κ1) is 19.1. The van der Waals surface area contributed by atoms with E-state index in [1.165, 1.54) is 18.3 Å². The molecular formula is C20H17ClN2O3S. The van der Waals surface area contributed by atoms with Gasteiger partial charge >= 0.3 is 0 Å². The van der Waals surface area contributed by atoms with E-state index < -0.39 is 15.9 Å². The summed E-state index contributed by atoms with van der Waals surface area (Å²) in [7, 11) is -3.37. The molecule has 0 aliphatic carbocycles. The number of pyridine rings is 1. The van der Waals surface area contributed by atoms with Crippen molar-refractivity contribution in [2.75, 3.05) is 6.26 Å². The largest absolute Gasteiger partial charge is 0.340 e. The zero-order chi connectivity index (χ0) is 19.4. The van der Waals surface area contributed by atoms with Crippen molar-refractivity contribution < 1.29 is 13.2 Å². The van der Waals surface area contributed by atoms with Crippen LogP contribution in [0.5, 0.6) is 0 Å². The van der Waals surface area contributed by atoms with Gasteiger partial charge in [-0.25, -0.2) is 13.4 Å². The van der Waals surface area contributed by atoms with Gasteiger partial charge in [-0.3, -0.25) is 4.79 Å². The summed E-state index contributed by atoms with van der Waals surface area (Å²) in [5.74, 6) is -0.384. The predicted molar refractivity (Wildman–Crippen MR) is 105 cm³/mol. The molecular weight excluding hydrogens is 384 g/mol. The average Bonchev–Trinajstić information content (AvgIpc) is 2.66. The summed E-state index contributed by atoms with van der Waals surface area (Å²) in [5.41, 5.74) is 1.71. The number of aromatic nitrogens is 1. The summed E-state index contributed by atoms with van der Waals surface area (Å²) in [4.78, 5) is 16.9. The van der Waals surface area contributed by atoms with E-state index in [0.29, 0.717) is 10.6 Å². The second-order valence-electron chi connectivity index (χ2n) is 6.02. The fourth-order valence-corrected chi connectivity index (χ4v) is 3.43. The molecule has 5 nitrogen and oxygen atoms in total. The van der Waals surface area contributed by atoms with Gasteiger partial charge in [-0.2, -0.15) is 0 Å². The van der Waals surface area contributed by atoms with Crippen LogP contribution in [0.3, 0.4) is 0 Å². The summed E-state index contributed by atoms with van der Waals surface area (Å²) in [5, 5.41) is 3.36. The maximum atomic E-state index is 12.7. The molecule has 27 heavy (non-hydrogen) atoms. The highest BCUT2D eigenvalue weighted by molar-refractivity contribution is 7.90. The Kier molecular flexibility index (Phi) is 5.58. The minimum atomic E-state index is -3.37. The third-order valence-electron chi connectivity index (χ3n) is 3.99. The second-order valence-corrected chi connectivity index (χ2v) is 8.48. The number of nitrogens with one attached hydrogen (secondary N) is 1. The highest BCUT2D eigenvalue weighted by Crippen LogP contribution is 2.25. The summed E-state index contributed by atoms with van der Waals surface area (Å²) in [6, 6.07) is 18.5. The molecule has 0 aliphatic heterocycles. The van der Waals surface area contributed by atoms with Crippen LogP contribution in [0.4, 0.5) is 0 Å². The number of benzene rings is 2. The van der Waals surface area contributed by atoms with Gasteiger partial charge < -0.3 is 5.32 Å². The molecule has 0 bridgehead atoms. The fourth-order valence-electron chi connectivity index (χ4n) is 2.64. The first-order chi connectivity index (χ1) is 12.8. The highest BCUT2D eigenvalue weighted by Gasteiger charge is 2.20. The van der Waals surface area contributed by atoms with Crippen molar-refractivity contribution in [3.63, 3.8) is 0 Å². The van der Waals surface area contributed by atoms with Crippen molar-refractivity contribution in [3.05, 3.63) is 94.8 Å². The van der Waals surface area contributed by atoms with Crippen LogP contribution in [0.2, 0.25) is 5.02 Å². The van der Waals surface area contributed by atoms with Crippen LogP contribution in [-0.4, -0.2) is 25.6 Å². The average molecular weight is 401 g/mol. The molecule has 1 N–H and O–H groups in total. The monoisotopic (exact) mass is 400 g/mol. The van der Waals surface area contributed by atoms with Crippen molar-refractivity contribution in [1.82, 2.24) is 10.3 Å². The quantitative estimate of drug-likeness (QED) is 0.709. The molecule has 0 aliphatic rings. The first-order valence-electron chi connectivity index (χ1n) is 8.12. The Morgan fingerprint density at radius 1 is 1.00 bits per heavy atom. The Morgan fingerprint density at radius 2 is 1.70 bits per heavy atom. The Hall–Kier alpha value is -2.70. The highest BCUT2D eigenvalue weighted by atomic mass is 35.5. The molecule has 0 spiro atoms. The van der Waals surface area contributed by atoms with Crippen LogP contribution in [-0.2, 0) is 9.84 Å². The molecule has 2 aromatic carbocycles. The van der Waals surface area contributed by atoms with E-state index >= 15 is 0 Å². The summed E-state index contributed by atoms with van der Waals surface area (Å²) in [6.07, 6.45) is 2.55. The van der Waals surface area contributed by atoms with Gasteiger partial charge in [-0.05, 0) is 35.4 Å². The minimum absolute atomic E-state index is 0.194. The van der Waals surface area contributed by atoms with Gasteiger partial charge in [0.2, 0.25) is 0 Å². The Balaban J connectivity index is 2.00. The molecule has 1 aromatic heterocycles. The number of rotatable bonds is 5. The number of halogens is 1. The van der Waals surface area contributed by atoms with Crippen molar-refractivity contribution in [2.45, 2.75) is 10.9 Å². The van der Waals surface area contributed by atoms with Crippen LogP contribution in [0.1, 0.15) is 27.7 Å². The minimum Gasteiger partial charge on any atom is -0.340 e. The van der Waals surface area contributed by atoms with E-state index in [4.69, 9.17) is 11.6 Å². The molecule has 7 heteroatoms. The van der Waals surface area contributed by atoms with Crippen molar-refractivity contribution >= 4 is 27.3 Å². The molecule has 1 atom stereocenters. The Bertz CT molecular complexity index is 1050. The van der Waals surface area contributed by atoms with E-state index in [9.17, 15) is 13.2 Å². The van der Waals surface area contributed by atoms with E-state index in [1.54, 1.807) is 24.3 Å². The summed E-state index contributed by atoms with van der Waals surface area (Å²) in [6.45, 7) is 0. The number of carbonyl (C=O) groups excluding carboxylic acids is 1. The molecule has 1 heterocycles. The van der Waals surface area contributed by atoms with Gasteiger partial charge in [-0.15, -0.1) is 0 Å². The van der Waals surface area contributed by atoms with E-state index in [2.05, 4.69) is 10.3 Å². The maximum absolute atomic E-state index is 12.7. The first-order valence-corrected chi connectivity index (χ1v) is 10.4.